The highest BCUT2D eigenvalue weighted by Crippen LogP contribution is 2.30. The minimum absolute atomic E-state index is 0.174. The minimum Gasteiger partial charge on any atom is -0.383 e. The Bertz CT molecular complexity index is 588. The summed E-state index contributed by atoms with van der Waals surface area (Å²) in [5.74, 6) is 1.27. The van der Waals surface area contributed by atoms with E-state index < -0.39 is 9.84 Å². The van der Waals surface area contributed by atoms with Gasteiger partial charge in [-0.05, 0) is 12.3 Å². The van der Waals surface area contributed by atoms with Crippen LogP contribution >= 0.6 is 0 Å². The number of piperazine rings is 1. The third-order valence-corrected chi connectivity index (χ3v) is 4.77. The molecule has 0 atom stereocenters. The highest BCUT2D eigenvalue weighted by atomic mass is 32.2. The van der Waals surface area contributed by atoms with Crippen molar-refractivity contribution < 1.29 is 8.42 Å². The van der Waals surface area contributed by atoms with Gasteiger partial charge in [-0.1, -0.05) is 13.8 Å². The number of aryl methyl sites for hydroxylation is 1. The molecule has 0 saturated carbocycles. The third-order valence-electron chi connectivity index (χ3n) is 3.63. The summed E-state index contributed by atoms with van der Waals surface area (Å²) in [4.78, 5) is 2.17. The number of aromatic nitrogens is 2. The molecule has 120 valence electrons. The molecule has 2 heterocycles. The number of sulfone groups is 1. The van der Waals surface area contributed by atoms with E-state index >= 15 is 0 Å². The number of hydrogen-bond donors (Lipinski definition) is 2. The van der Waals surface area contributed by atoms with Crippen LogP contribution in [0.1, 0.15) is 20.3 Å². The molecular weight excluding hydrogens is 290 g/mol. The van der Waals surface area contributed by atoms with Crippen molar-refractivity contribution in [3.8, 4) is 0 Å². The van der Waals surface area contributed by atoms with E-state index in [1.165, 1.54) is 6.26 Å². The van der Waals surface area contributed by atoms with Crippen molar-refractivity contribution in [2.45, 2.75) is 31.7 Å². The molecule has 0 aliphatic carbocycles. The molecule has 1 aliphatic rings. The Hall–Kier alpha value is -1.28. The first-order chi connectivity index (χ1) is 9.80. The summed E-state index contributed by atoms with van der Waals surface area (Å²) in [7, 11) is -3.40. The van der Waals surface area contributed by atoms with Gasteiger partial charge in [0.1, 0.15) is 5.82 Å². The van der Waals surface area contributed by atoms with Crippen LogP contribution in [0.3, 0.4) is 0 Å². The van der Waals surface area contributed by atoms with Crippen LogP contribution in [0, 0.1) is 5.92 Å². The van der Waals surface area contributed by atoms with Crippen LogP contribution in [-0.2, 0) is 16.4 Å². The van der Waals surface area contributed by atoms with Crippen LogP contribution in [0.2, 0.25) is 0 Å². The zero-order valence-electron chi connectivity index (χ0n) is 13.0. The van der Waals surface area contributed by atoms with Crippen molar-refractivity contribution in [2.24, 2.45) is 5.92 Å². The first-order valence-electron chi connectivity index (χ1n) is 7.32. The highest BCUT2D eigenvalue weighted by molar-refractivity contribution is 7.91. The van der Waals surface area contributed by atoms with Crippen molar-refractivity contribution in [3.63, 3.8) is 0 Å². The van der Waals surface area contributed by atoms with Gasteiger partial charge in [0.05, 0.1) is 0 Å². The van der Waals surface area contributed by atoms with E-state index in [1.54, 1.807) is 4.68 Å². The molecule has 0 bridgehead atoms. The fourth-order valence-electron chi connectivity index (χ4n) is 2.44. The van der Waals surface area contributed by atoms with Crippen LogP contribution in [-0.4, -0.2) is 50.6 Å². The molecule has 0 aromatic carbocycles. The van der Waals surface area contributed by atoms with E-state index in [2.05, 4.69) is 24.3 Å². The minimum atomic E-state index is -3.40. The molecule has 0 amide bonds. The zero-order valence-corrected chi connectivity index (χ0v) is 13.8. The van der Waals surface area contributed by atoms with Crippen molar-refractivity contribution >= 4 is 21.5 Å². The van der Waals surface area contributed by atoms with E-state index in [4.69, 9.17) is 5.73 Å². The number of nitrogens with two attached hydrogens (primary N) is 1. The highest BCUT2D eigenvalue weighted by Gasteiger charge is 2.28. The summed E-state index contributed by atoms with van der Waals surface area (Å²) in [6.45, 7) is 8.00. The lowest BCUT2D eigenvalue weighted by atomic mass is 10.1. The normalized spacial score (nSPS) is 16.7. The monoisotopic (exact) mass is 315 g/mol. The molecule has 8 heteroatoms. The molecule has 7 nitrogen and oxygen atoms in total. The number of nitrogen functional groups attached to an aromatic ring is 1. The summed E-state index contributed by atoms with van der Waals surface area (Å²) < 4.78 is 25.8. The molecule has 1 fully saturated rings. The SMILES string of the molecule is CC(C)CCn1nc(N2CCNCC2)c(S(C)(=O)=O)c1N. The first kappa shape index (κ1) is 16.1. The Labute approximate surface area is 126 Å². The lowest BCUT2D eigenvalue weighted by Gasteiger charge is -2.27. The Morgan fingerprint density at radius 1 is 1.33 bits per heavy atom. The Kier molecular flexibility index (Phi) is 4.77. The standard InChI is InChI=1S/C13H25N5O2S/c1-10(2)4-7-18-12(14)11(21(3,19)20)13(16-18)17-8-5-15-6-9-17/h10,15H,4-9,14H2,1-3H3. The molecule has 1 saturated heterocycles. The molecule has 0 radical (unpaired) electrons. The van der Waals surface area contributed by atoms with Crippen molar-refractivity contribution in [3.05, 3.63) is 0 Å². The average Bonchev–Trinajstić information content (AvgIpc) is 2.74. The van der Waals surface area contributed by atoms with E-state index in [0.29, 0.717) is 18.3 Å². The second-order valence-corrected chi connectivity index (χ2v) is 7.91. The maximum absolute atomic E-state index is 12.1. The quantitative estimate of drug-likeness (QED) is 0.813. The van der Waals surface area contributed by atoms with Crippen molar-refractivity contribution in [1.82, 2.24) is 15.1 Å². The molecule has 0 spiro atoms. The van der Waals surface area contributed by atoms with Crippen LogP contribution in [0.25, 0.3) is 0 Å². The molecule has 1 aliphatic heterocycles. The van der Waals surface area contributed by atoms with Crippen molar-refractivity contribution in [1.29, 1.82) is 0 Å². The average molecular weight is 315 g/mol. The third kappa shape index (κ3) is 3.68. The first-order valence-corrected chi connectivity index (χ1v) is 9.22. The Balaban J connectivity index is 2.39. The van der Waals surface area contributed by atoms with Crippen LogP contribution < -0.4 is 16.0 Å². The molecule has 0 unspecified atom stereocenters. The molecular formula is C13H25N5O2S. The van der Waals surface area contributed by atoms with Gasteiger partial charge in [-0.25, -0.2) is 13.1 Å². The van der Waals surface area contributed by atoms with Crippen molar-refractivity contribution in [2.75, 3.05) is 43.1 Å². The lowest BCUT2D eigenvalue weighted by Crippen LogP contribution is -2.44. The van der Waals surface area contributed by atoms with Gasteiger partial charge in [-0.15, -0.1) is 0 Å². The molecule has 2 rings (SSSR count). The summed E-state index contributed by atoms with van der Waals surface area (Å²) in [6.07, 6.45) is 2.11. The Morgan fingerprint density at radius 3 is 2.48 bits per heavy atom. The zero-order chi connectivity index (χ0) is 15.6. The smallest absolute Gasteiger partial charge is 0.182 e. The lowest BCUT2D eigenvalue weighted by molar-refractivity contribution is 0.489. The van der Waals surface area contributed by atoms with E-state index in [-0.39, 0.29) is 10.7 Å². The van der Waals surface area contributed by atoms with Gasteiger partial charge in [-0.2, -0.15) is 5.10 Å². The van der Waals surface area contributed by atoms with Gasteiger partial charge >= 0.3 is 0 Å². The summed E-state index contributed by atoms with van der Waals surface area (Å²) >= 11 is 0. The number of nitrogens with one attached hydrogen (secondary N) is 1. The van der Waals surface area contributed by atoms with Gasteiger partial charge < -0.3 is 16.0 Å². The maximum atomic E-state index is 12.1. The number of hydrogen-bond acceptors (Lipinski definition) is 6. The fraction of sp³-hybridized carbons (Fsp3) is 0.769. The molecule has 1 aromatic rings. The second-order valence-electron chi connectivity index (χ2n) is 5.95. The van der Waals surface area contributed by atoms with Gasteiger partial charge in [0.15, 0.2) is 20.6 Å². The van der Waals surface area contributed by atoms with Gasteiger partial charge in [0, 0.05) is 39.0 Å². The van der Waals surface area contributed by atoms with Gasteiger partial charge in [0.25, 0.3) is 0 Å². The molecule has 3 N–H and O–H groups in total. The predicted molar refractivity (Wildman–Crippen MR) is 84.3 cm³/mol. The Morgan fingerprint density at radius 2 is 1.95 bits per heavy atom. The van der Waals surface area contributed by atoms with Crippen LogP contribution in [0.4, 0.5) is 11.6 Å². The summed E-state index contributed by atoms with van der Waals surface area (Å²) in [5, 5.41) is 7.73. The predicted octanol–water partition coefficient (Wildman–Crippen LogP) is 0.325. The fourth-order valence-corrected chi connectivity index (χ4v) is 3.42. The number of nitrogens with zero attached hydrogens (tertiary/aromatic N) is 3. The largest absolute Gasteiger partial charge is 0.383 e. The second kappa shape index (κ2) is 6.23. The van der Waals surface area contributed by atoms with E-state index in [9.17, 15) is 8.42 Å². The van der Waals surface area contributed by atoms with Gasteiger partial charge in [0.2, 0.25) is 0 Å². The number of rotatable bonds is 5. The van der Waals surface area contributed by atoms with Crippen LogP contribution in [0.5, 0.6) is 0 Å². The molecule has 1 aromatic heterocycles. The molecule has 21 heavy (non-hydrogen) atoms. The van der Waals surface area contributed by atoms with E-state index in [1.807, 2.05) is 4.90 Å². The summed E-state index contributed by atoms with van der Waals surface area (Å²) in [6, 6.07) is 0. The maximum Gasteiger partial charge on any atom is 0.182 e. The van der Waals surface area contributed by atoms with E-state index in [0.717, 1.165) is 32.6 Å². The van der Waals surface area contributed by atoms with Gasteiger partial charge in [-0.3, -0.25) is 0 Å². The topological polar surface area (TPSA) is 93.2 Å². The number of anilines is 2. The summed E-state index contributed by atoms with van der Waals surface area (Å²) in [5.41, 5.74) is 6.06. The van der Waals surface area contributed by atoms with Crippen LogP contribution in [0.15, 0.2) is 4.90 Å².